The molecule has 0 heterocycles. The number of nitrogens with one attached hydrogen (secondary N) is 2. The summed E-state index contributed by atoms with van der Waals surface area (Å²) in [6.45, 7) is 7.55. The molecule has 1 amide bonds. The molecule has 0 aromatic heterocycles. The molecule has 0 aliphatic carbocycles. The van der Waals surface area contributed by atoms with Gasteiger partial charge in [-0.05, 0) is 62.6 Å². The predicted octanol–water partition coefficient (Wildman–Crippen LogP) is 0.794. The van der Waals surface area contributed by atoms with Gasteiger partial charge in [0.15, 0.2) is 11.5 Å². The average molecular weight is 406 g/mol. The van der Waals surface area contributed by atoms with Crippen LogP contribution in [0.25, 0.3) is 0 Å². The number of benzene rings is 2. The highest BCUT2D eigenvalue weighted by atomic mass is 35.5. The van der Waals surface area contributed by atoms with Gasteiger partial charge in [-0.3, -0.25) is 4.79 Å². The van der Waals surface area contributed by atoms with Crippen LogP contribution in [0.15, 0.2) is 30.3 Å². The monoisotopic (exact) mass is 405 g/mol. The van der Waals surface area contributed by atoms with Crippen LogP contribution in [0.3, 0.4) is 0 Å². The lowest BCUT2D eigenvalue weighted by atomic mass is 10.1. The normalized spacial score (nSPS) is 10.2. The van der Waals surface area contributed by atoms with Crippen LogP contribution in [-0.4, -0.2) is 33.2 Å². The number of anilines is 1. The Bertz CT molecular complexity index is 770. The number of hydrogen-bond donors (Lipinski definition) is 2. The maximum atomic E-state index is 12.2. The molecule has 0 fully saturated rings. The third kappa shape index (κ3) is 6.73. The lowest BCUT2D eigenvalue weighted by Crippen LogP contribution is -3.00. The molecule has 154 valence electrons. The number of carbonyl (C=O) groups is 1. The van der Waals surface area contributed by atoms with E-state index in [1.54, 1.807) is 14.2 Å². The molecule has 2 aromatic carbocycles. The number of halogens is 1. The van der Waals surface area contributed by atoms with Gasteiger partial charge < -0.3 is 32.5 Å². The Morgan fingerprint density at radius 2 is 1.57 bits per heavy atom. The fourth-order valence-electron chi connectivity index (χ4n) is 3.17. The van der Waals surface area contributed by atoms with Crippen molar-refractivity contribution in [1.82, 2.24) is 5.32 Å². The number of carbonyl (C=O) groups excluding carboxylic acids is 1. The van der Waals surface area contributed by atoms with Crippen molar-refractivity contribution in [3.8, 4) is 11.5 Å². The van der Waals surface area contributed by atoms with Crippen LogP contribution in [0.5, 0.6) is 11.5 Å². The maximum absolute atomic E-state index is 12.2. The molecule has 0 aliphatic rings. The lowest BCUT2D eigenvalue weighted by Gasteiger charge is -2.13. The molecule has 0 unspecified atom stereocenters. The molecule has 0 saturated heterocycles. The minimum absolute atomic E-state index is 0. The van der Waals surface area contributed by atoms with Gasteiger partial charge in [-0.2, -0.15) is 0 Å². The van der Waals surface area contributed by atoms with E-state index in [-0.39, 0.29) is 18.3 Å². The van der Waals surface area contributed by atoms with E-state index in [9.17, 15) is 4.79 Å². The van der Waals surface area contributed by atoms with Crippen LogP contribution >= 0.6 is 0 Å². The summed E-state index contributed by atoms with van der Waals surface area (Å²) in [4.78, 5) is 12.2. The maximum Gasteiger partial charge on any atom is 0.225 e. The summed E-state index contributed by atoms with van der Waals surface area (Å²) in [6, 6.07) is 10.1. The fourth-order valence-corrected chi connectivity index (χ4v) is 3.17. The Labute approximate surface area is 174 Å². The van der Waals surface area contributed by atoms with Gasteiger partial charge in [-0.1, -0.05) is 23.8 Å². The number of hydrogen-bond acceptors (Lipinski definition) is 4. The first kappa shape index (κ1) is 23.8. The molecule has 0 saturated carbocycles. The van der Waals surface area contributed by atoms with Crippen molar-refractivity contribution in [2.75, 3.05) is 32.6 Å². The zero-order valence-electron chi connectivity index (χ0n) is 17.3. The van der Waals surface area contributed by atoms with E-state index in [2.05, 4.69) is 29.7 Å². The first-order valence-corrected chi connectivity index (χ1v) is 9.24. The molecule has 0 spiro atoms. The first-order valence-electron chi connectivity index (χ1n) is 9.24. The molecule has 2 N–H and O–H groups in total. The van der Waals surface area contributed by atoms with Gasteiger partial charge in [0, 0.05) is 18.7 Å². The van der Waals surface area contributed by atoms with E-state index in [1.165, 1.54) is 5.56 Å². The summed E-state index contributed by atoms with van der Waals surface area (Å²) in [5, 5.41) is 6.35. The Morgan fingerprint density at radius 1 is 0.929 bits per heavy atom. The van der Waals surface area contributed by atoms with Crippen molar-refractivity contribution in [3.05, 3.63) is 52.6 Å². The molecule has 2 aromatic rings. The van der Waals surface area contributed by atoms with Crippen LogP contribution in [0.1, 0.15) is 28.7 Å². The third-order valence-electron chi connectivity index (χ3n) is 4.51. The van der Waals surface area contributed by atoms with Gasteiger partial charge in [-0.15, -0.1) is 0 Å². The smallest absolute Gasteiger partial charge is 0.225 e. The van der Waals surface area contributed by atoms with Crippen molar-refractivity contribution < 1.29 is 26.7 Å². The second-order valence-corrected chi connectivity index (χ2v) is 6.76. The summed E-state index contributed by atoms with van der Waals surface area (Å²) >= 11 is 0. The minimum atomic E-state index is 0. The lowest BCUT2D eigenvalue weighted by molar-refractivity contribution is -0.116. The molecule has 0 aliphatic heterocycles. The summed E-state index contributed by atoms with van der Waals surface area (Å²) in [6.07, 6.45) is 1.30. The average Bonchev–Trinajstić information content (AvgIpc) is 2.64. The van der Waals surface area contributed by atoms with Crippen LogP contribution in [0.4, 0.5) is 5.69 Å². The molecular formula is C22H30ClN2O3-. The standard InChI is InChI=1S/C22H30N2O3.ClH/c1-15-12-16(2)22(17(3)13-15)24-21(25)9-11-23-10-8-18-6-7-19(26-4)20(14-18)27-5;/h6-7,12-14,23H,8-11H2,1-5H3,(H,24,25);1H/p-1. The van der Waals surface area contributed by atoms with Crippen molar-refractivity contribution in [3.63, 3.8) is 0 Å². The van der Waals surface area contributed by atoms with Gasteiger partial charge in [0.05, 0.1) is 14.2 Å². The summed E-state index contributed by atoms with van der Waals surface area (Å²) < 4.78 is 10.6. The minimum Gasteiger partial charge on any atom is -1.00 e. The van der Waals surface area contributed by atoms with E-state index < -0.39 is 0 Å². The molecule has 0 radical (unpaired) electrons. The van der Waals surface area contributed by atoms with E-state index in [0.29, 0.717) is 13.0 Å². The molecule has 5 nitrogen and oxygen atoms in total. The largest absolute Gasteiger partial charge is 1.00 e. The van der Waals surface area contributed by atoms with E-state index in [1.807, 2.05) is 32.0 Å². The highest BCUT2D eigenvalue weighted by molar-refractivity contribution is 5.92. The summed E-state index contributed by atoms with van der Waals surface area (Å²) in [7, 11) is 3.26. The van der Waals surface area contributed by atoms with Gasteiger partial charge in [0.25, 0.3) is 0 Å². The SMILES string of the molecule is COc1ccc(CCNCCC(=O)Nc2c(C)cc(C)cc2C)cc1OC.[Cl-]. The van der Waals surface area contributed by atoms with Crippen LogP contribution in [0.2, 0.25) is 0 Å². The van der Waals surface area contributed by atoms with Gasteiger partial charge in [-0.25, -0.2) is 0 Å². The van der Waals surface area contributed by atoms with Crippen molar-refractivity contribution in [2.45, 2.75) is 33.6 Å². The van der Waals surface area contributed by atoms with Crippen LogP contribution in [-0.2, 0) is 11.2 Å². The van der Waals surface area contributed by atoms with E-state index in [0.717, 1.165) is 46.8 Å². The molecule has 28 heavy (non-hydrogen) atoms. The molecular weight excluding hydrogens is 376 g/mol. The van der Waals surface area contributed by atoms with E-state index in [4.69, 9.17) is 9.47 Å². The zero-order chi connectivity index (χ0) is 19.8. The van der Waals surface area contributed by atoms with Crippen molar-refractivity contribution >= 4 is 11.6 Å². The first-order chi connectivity index (χ1) is 12.9. The number of ether oxygens (including phenoxy) is 2. The Hall–Kier alpha value is -2.24. The Morgan fingerprint density at radius 3 is 2.18 bits per heavy atom. The highest BCUT2D eigenvalue weighted by Crippen LogP contribution is 2.27. The molecule has 0 bridgehead atoms. The van der Waals surface area contributed by atoms with Crippen LogP contribution in [0, 0.1) is 20.8 Å². The number of amides is 1. The number of aryl methyl sites for hydroxylation is 3. The van der Waals surface area contributed by atoms with E-state index >= 15 is 0 Å². The second-order valence-electron chi connectivity index (χ2n) is 6.76. The topological polar surface area (TPSA) is 59.6 Å². The Balaban J connectivity index is 0.00000392. The highest BCUT2D eigenvalue weighted by Gasteiger charge is 2.08. The van der Waals surface area contributed by atoms with Gasteiger partial charge in [0.2, 0.25) is 5.91 Å². The quantitative estimate of drug-likeness (QED) is 0.606. The fraction of sp³-hybridized carbons (Fsp3) is 0.409. The molecule has 6 heteroatoms. The zero-order valence-corrected chi connectivity index (χ0v) is 18.1. The molecule has 2 rings (SSSR count). The predicted molar refractivity (Wildman–Crippen MR) is 110 cm³/mol. The molecule has 0 atom stereocenters. The summed E-state index contributed by atoms with van der Waals surface area (Å²) in [5.74, 6) is 1.49. The third-order valence-corrected chi connectivity index (χ3v) is 4.51. The second kappa shape index (κ2) is 11.6. The van der Waals surface area contributed by atoms with Crippen molar-refractivity contribution in [1.29, 1.82) is 0 Å². The van der Waals surface area contributed by atoms with Gasteiger partial charge in [0.1, 0.15) is 0 Å². The van der Waals surface area contributed by atoms with Crippen LogP contribution < -0.4 is 32.5 Å². The number of methoxy groups -OCH3 is 2. The number of rotatable bonds is 9. The summed E-state index contributed by atoms with van der Waals surface area (Å²) in [5.41, 5.74) is 5.50. The van der Waals surface area contributed by atoms with Crippen molar-refractivity contribution in [2.24, 2.45) is 0 Å². The van der Waals surface area contributed by atoms with Gasteiger partial charge >= 0.3 is 0 Å². The Kier molecular flexibility index (Phi) is 9.83.